The summed E-state index contributed by atoms with van der Waals surface area (Å²) >= 11 is 0. The third-order valence-corrected chi connectivity index (χ3v) is 3.43. The van der Waals surface area contributed by atoms with E-state index in [0.29, 0.717) is 11.8 Å². The van der Waals surface area contributed by atoms with E-state index in [2.05, 4.69) is 36.0 Å². The SMILES string of the molecule is COC(=O)NC(C)C(C)C(C)c1ccccc1. The molecule has 3 nitrogen and oxygen atoms in total. The highest BCUT2D eigenvalue weighted by Gasteiger charge is 2.21. The molecule has 0 spiro atoms. The summed E-state index contributed by atoms with van der Waals surface area (Å²) in [5.74, 6) is 0.736. The maximum absolute atomic E-state index is 11.2. The van der Waals surface area contributed by atoms with Crippen LogP contribution in [0.25, 0.3) is 0 Å². The van der Waals surface area contributed by atoms with Gasteiger partial charge in [0.05, 0.1) is 7.11 Å². The lowest BCUT2D eigenvalue weighted by molar-refractivity contribution is 0.162. The smallest absolute Gasteiger partial charge is 0.407 e. The van der Waals surface area contributed by atoms with Gasteiger partial charge in [-0.1, -0.05) is 44.2 Å². The van der Waals surface area contributed by atoms with Crippen molar-refractivity contribution in [1.29, 1.82) is 0 Å². The Morgan fingerprint density at radius 1 is 1.18 bits per heavy atom. The van der Waals surface area contributed by atoms with Gasteiger partial charge in [0.2, 0.25) is 0 Å². The zero-order valence-corrected chi connectivity index (χ0v) is 10.9. The average molecular weight is 235 g/mol. The monoisotopic (exact) mass is 235 g/mol. The number of ether oxygens (including phenoxy) is 1. The van der Waals surface area contributed by atoms with Gasteiger partial charge in [-0.25, -0.2) is 4.79 Å². The molecule has 3 unspecified atom stereocenters. The second kappa shape index (κ2) is 6.28. The van der Waals surface area contributed by atoms with Crippen molar-refractivity contribution in [3.63, 3.8) is 0 Å². The maximum Gasteiger partial charge on any atom is 0.407 e. The highest BCUT2D eigenvalue weighted by molar-refractivity contribution is 5.67. The Morgan fingerprint density at radius 3 is 2.29 bits per heavy atom. The van der Waals surface area contributed by atoms with Crippen molar-refractivity contribution in [2.75, 3.05) is 7.11 Å². The molecule has 3 heteroatoms. The van der Waals surface area contributed by atoms with Crippen molar-refractivity contribution in [1.82, 2.24) is 5.32 Å². The van der Waals surface area contributed by atoms with E-state index in [9.17, 15) is 4.79 Å². The normalized spacial score (nSPS) is 15.8. The Morgan fingerprint density at radius 2 is 1.76 bits per heavy atom. The van der Waals surface area contributed by atoms with Gasteiger partial charge in [0.1, 0.15) is 0 Å². The molecule has 0 aromatic heterocycles. The van der Waals surface area contributed by atoms with Gasteiger partial charge in [-0.3, -0.25) is 0 Å². The lowest BCUT2D eigenvalue weighted by atomic mass is 9.84. The molecule has 0 saturated carbocycles. The molecule has 1 amide bonds. The number of methoxy groups -OCH3 is 1. The highest BCUT2D eigenvalue weighted by Crippen LogP contribution is 2.26. The van der Waals surface area contributed by atoms with Crippen molar-refractivity contribution in [3.8, 4) is 0 Å². The average Bonchev–Trinajstić information content (AvgIpc) is 2.37. The second-order valence-corrected chi connectivity index (χ2v) is 4.48. The Balaban J connectivity index is 2.63. The van der Waals surface area contributed by atoms with Crippen LogP contribution >= 0.6 is 0 Å². The third-order valence-electron chi connectivity index (χ3n) is 3.43. The highest BCUT2D eigenvalue weighted by atomic mass is 16.5. The quantitative estimate of drug-likeness (QED) is 0.870. The first kappa shape index (κ1) is 13.6. The Kier molecular flexibility index (Phi) is 5.01. The van der Waals surface area contributed by atoms with Crippen LogP contribution in [0.1, 0.15) is 32.3 Å². The third kappa shape index (κ3) is 3.77. The zero-order chi connectivity index (χ0) is 12.8. The van der Waals surface area contributed by atoms with Crippen LogP contribution in [0.3, 0.4) is 0 Å². The van der Waals surface area contributed by atoms with Gasteiger partial charge in [0.15, 0.2) is 0 Å². The molecule has 0 heterocycles. The number of benzene rings is 1. The van der Waals surface area contributed by atoms with E-state index in [-0.39, 0.29) is 12.1 Å². The molecule has 1 N–H and O–H groups in total. The van der Waals surface area contributed by atoms with Crippen LogP contribution < -0.4 is 5.32 Å². The van der Waals surface area contributed by atoms with Crippen LogP contribution in [0.15, 0.2) is 30.3 Å². The fourth-order valence-electron chi connectivity index (χ4n) is 1.87. The standard InChI is InChI=1S/C14H21NO2/c1-10(12(3)15-14(16)17-4)11(2)13-8-6-5-7-9-13/h5-12H,1-4H3,(H,15,16). The van der Waals surface area contributed by atoms with Crippen LogP contribution in [-0.2, 0) is 4.74 Å². The van der Waals surface area contributed by atoms with Crippen molar-refractivity contribution in [3.05, 3.63) is 35.9 Å². The van der Waals surface area contributed by atoms with Crippen molar-refractivity contribution in [2.45, 2.75) is 32.7 Å². The minimum Gasteiger partial charge on any atom is -0.453 e. The van der Waals surface area contributed by atoms with Crippen molar-refractivity contribution >= 4 is 6.09 Å². The first-order valence-electron chi connectivity index (χ1n) is 5.95. The number of carbonyl (C=O) groups is 1. The Bertz CT molecular complexity index is 350. The van der Waals surface area contributed by atoms with Crippen LogP contribution in [0.4, 0.5) is 4.79 Å². The summed E-state index contributed by atoms with van der Waals surface area (Å²) in [5.41, 5.74) is 1.29. The molecule has 0 saturated heterocycles. The first-order chi connectivity index (χ1) is 8.06. The Hall–Kier alpha value is -1.51. The van der Waals surface area contributed by atoms with Crippen molar-refractivity contribution in [2.24, 2.45) is 5.92 Å². The molecule has 0 aliphatic rings. The largest absolute Gasteiger partial charge is 0.453 e. The molecular formula is C14H21NO2. The molecule has 0 aliphatic carbocycles. The zero-order valence-electron chi connectivity index (χ0n) is 10.9. The summed E-state index contributed by atoms with van der Waals surface area (Å²) in [6.45, 7) is 6.31. The second-order valence-electron chi connectivity index (χ2n) is 4.48. The molecule has 0 aliphatic heterocycles. The van der Waals surface area contributed by atoms with Crippen LogP contribution in [0.2, 0.25) is 0 Å². The molecule has 0 radical (unpaired) electrons. The molecule has 1 rings (SSSR count). The minimum absolute atomic E-state index is 0.0812. The van der Waals surface area contributed by atoms with E-state index in [0.717, 1.165) is 0 Å². The van der Waals surface area contributed by atoms with E-state index in [4.69, 9.17) is 0 Å². The molecule has 1 aromatic carbocycles. The summed E-state index contributed by atoms with van der Waals surface area (Å²) in [5, 5.41) is 2.82. The molecule has 0 fully saturated rings. The van der Waals surface area contributed by atoms with Crippen LogP contribution in [0.5, 0.6) is 0 Å². The van der Waals surface area contributed by atoms with Crippen molar-refractivity contribution < 1.29 is 9.53 Å². The molecule has 1 aromatic rings. The summed E-state index contributed by atoms with van der Waals surface area (Å²) in [7, 11) is 1.38. The number of carbonyl (C=O) groups excluding carboxylic acids is 1. The lowest BCUT2D eigenvalue weighted by Gasteiger charge is -2.26. The number of amides is 1. The van der Waals surface area contributed by atoms with E-state index in [1.165, 1.54) is 12.7 Å². The number of rotatable bonds is 4. The first-order valence-corrected chi connectivity index (χ1v) is 5.95. The Labute approximate surface area is 103 Å². The summed E-state index contributed by atoms with van der Waals surface area (Å²) in [6, 6.07) is 10.4. The van der Waals surface area contributed by atoms with E-state index in [1.54, 1.807) is 0 Å². The number of hydrogen-bond acceptors (Lipinski definition) is 2. The molecule has 17 heavy (non-hydrogen) atoms. The molecule has 3 atom stereocenters. The van der Waals surface area contributed by atoms with E-state index >= 15 is 0 Å². The number of alkyl carbamates (subject to hydrolysis) is 1. The van der Waals surface area contributed by atoms with Gasteiger partial charge in [-0.05, 0) is 24.3 Å². The summed E-state index contributed by atoms with van der Waals surface area (Å²) in [4.78, 5) is 11.2. The topological polar surface area (TPSA) is 38.3 Å². The predicted octanol–water partition coefficient (Wildman–Crippen LogP) is 3.17. The fraction of sp³-hybridized carbons (Fsp3) is 0.500. The maximum atomic E-state index is 11.2. The molecule has 94 valence electrons. The lowest BCUT2D eigenvalue weighted by Crippen LogP contribution is -2.38. The fourth-order valence-corrected chi connectivity index (χ4v) is 1.87. The van der Waals surface area contributed by atoms with Gasteiger partial charge in [-0.15, -0.1) is 0 Å². The summed E-state index contributed by atoms with van der Waals surface area (Å²) in [6.07, 6.45) is -0.371. The van der Waals surface area contributed by atoms with Gasteiger partial charge in [0.25, 0.3) is 0 Å². The van der Waals surface area contributed by atoms with Gasteiger partial charge >= 0.3 is 6.09 Å². The van der Waals surface area contributed by atoms with E-state index in [1.807, 2.05) is 25.1 Å². The molecular weight excluding hydrogens is 214 g/mol. The van der Waals surface area contributed by atoms with Gasteiger partial charge in [-0.2, -0.15) is 0 Å². The van der Waals surface area contributed by atoms with Crippen LogP contribution in [-0.4, -0.2) is 19.2 Å². The number of nitrogens with one attached hydrogen (secondary N) is 1. The minimum atomic E-state index is -0.371. The van der Waals surface area contributed by atoms with Gasteiger partial charge < -0.3 is 10.1 Å². The summed E-state index contributed by atoms with van der Waals surface area (Å²) < 4.78 is 4.61. The van der Waals surface area contributed by atoms with Crippen LogP contribution in [0, 0.1) is 5.92 Å². The van der Waals surface area contributed by atoms with Gasteiger partial charge in [0, 0.05) is 6.04 Å². The molecule has 0 bridgehead atoms. The van der Waals surface area contributed by atoms with E-state index < -0.39 is 0 Å². The predicted molar refractivity (Wildman–Crippen MR) is 69.0 cm³/mol. The number of hydrogen-bond donors (Lipinski definition) is 1.